The van der Waals surface area contributed by atoms with Crippen molar-refractivity contribution >= 4 is 11.6 Å². The van der Waals surface area contributed by atoms with Crippen molar-refractivity contribution in [3.63, 3.8) is 0 Å². The van der Waals surface area contributed by atoms with Crippen LogP contribution in [0.4, 0.5) is 5.69 Å². The summed E-state index contributed by atoms with van der Waals surface area (Å²) in [6.07, 6.45) is 1.08. The monoisotopic (exact) mass is 350 g/mol. The molecule has 0 aliphatic rings. The van der Waals surface area contributed by atoms with Gasteiger partial charge in [0.15, 0.2) is 11.9 Å². The standard InChI is InChI=1S/C20H22N4O2/c1-4-24-13-21-23-19(24)16-8-6-9-17(12-16)22-20(25)15(3)26-18-10-5-7-14(2)11-18/h5-13,15H,4H2,1-3H3,(H,22,25). The molecule has 1 atom stereocenters. The van der Waals surface area contributed by atoms with Crippen LogP contribution in [0, 0.1) is 6.92 Å². The predicted octanol–water partition coefficient (Wildman–Crippen LogP) is 3.68. The lowest BCUT2D eigenvalue weighted by Crippen LogP contribution is -2.30. The predicted molar refractivity (Wildman–Crippen MR) is 101 cm³/mol. The van der Waals surface area contributed by atoms with Crippen molar-refractivity contribution in [1.82, 2.24) is 14.8 Å². The first-order chi connectivity index (χ1) is 12.6. The van der Waals surface area contributed by atoms with Crippen LogP contribution in [-0.2, 0) is 11.3 Å². The number of aromatic nitrogens is 3. The molecule has 3 rings (SSSR count). The molecule has 0 saturated heterocycles. The van der Waals surface area contributed by atoms with Crippen molar-refractivity contribution < 1.29 is 9.53 Å². The first kappa shape index (κ1) is 17.7. The molecule has 0 saturated carbocycles. The molecule has 1 aromatic heterocycles. The second-order valence-corrected chi connectivity index (χ2v) is 6.09. The fraction of sp³-hybridized carbons (Fsp3) is 0.250. The molecule has 0 fully saturated rings. The van der Waals surface area contributed by atoms with Crippen LogP contribution in [0.5, 0.6) is 5.75 Å². The number of hydrogen-bond acceptors (Lipinski definition) is 4. The Morgan fingerprint density at radius 2 is 2.04 bits per heavy atom. The third-order valence-electron chi connectivity index (χ3n) is 4.02. The minimum atomic E-state index is -0.611. The van der Waals surface area contributed by atoms with E-state index >= 15 is 0 Å². The summed E-state index contributed by atoms with van der Waals surface area (Å²) in [6, 6.07) is 15.2. The minimum Gasteiger partial charge on any atom is -0.481 e. The van der Waals surface area contributed by atoms with Gasteiger partial charge >= 0.3 is 0 Å². The highest BCUT2D eigenvalue weighted by atomic mass is 16.5. The summed E-state index contributed by atoms with van der Waals surface area (Å²) in [5.41, 5.74) is 2.68. The quantitative estimate of drug-likeness (QED) is 0.736. The van der Waals surface area contributed by atoms with Crippen molar-refractivity contribution in [2.45, 2.75) is 33.4 Å². The molecule has 0 aliphatic heterocycles. The van der Waals surface area contributed by atoms with E-state index < -0.39 is 6.10 Å². The number of rotatable bonds is 6. The Morgan fingerprint density at radius 3 is 2.81 bits per heavy atom. The van der Waals surface area contributed by atoms with Gasteiger partial charge in [-0.15, -0.1) is 10.2 Å². The molecule has 0 radical (unpaired) electrons. The Morgan fingerprint density at radius 1 is 1.23 bits per heavy atom. The van der Waals surface area contributed by atoms with Crippen LogP contribution in [0.2, 0.25) is 0 Å². The largest absolute Gasteiger partial charge is 0.481 e. The lowest BCUT2D eigenvalue weighted by atomic mass is 10.2. The molecular weight excluding hydrogens is 328 g/mol. The molecule has 0 aliphatic carbocycles. The Bertz CT molecular complexity index is 904. The van der Waals surface area contributed by atoms with Crippen LogP contribution in [-0.4, -0.2) is 26.8 Å². The van der Waals surface area contributed by atoms with E-state index in [2.05, 4.69) is 15.5 Å². The lowest BCUT2D eigenvalue weighted by Gasteiger charge is -2.15. The summed E-state index contributed by atoms with van der Waals surface area (Å²) < 4.78 is 7.68. The third-order valence-corrected chi connectivity index (χ3v) is 4.02. The van der Waals surface area contributed by atoms with Crippen LogP contribution in [0.1, 0.15) is 19.4 Å². The van der Waals surface area contributed by atoms with Gasteiger partial charge in [-0.2, -0.15) is 0 Å². The van der Waals surface area contributed by atoms with E-state index in [9.17, 15) is 4.79 Å². The van der Waals surface area contributed by atoms with Gasteiger partial charge in [0.05, 0.1) is 0 Å². The summed E-state index contributed by atoms with van der Waals surface area (Å²) in [6.45, 7) is 6.52. The van der Waals surface area contributed by atoms with Gasteiger partial charge in [-0.05, 0) is 50.6 Å². The molecule has 6 heteroatoms. The van der Waals surface area contributed by atoms with Gasteiger partial charge in [0.25, 0.3) is 5.91 Å². The summed E-state index contributed by atoms with van der Waals surface area (Å²) >= 11 is 0. The smallest absolute Gasteiger partial charge is 0.265 e. The molecule has 26 heavy (non-hydrogen) atoms. The molecule has 1 amide bonds. The highest BCUT2D eigenvalue weighted by Crippen LogP contribution is 2.21. The zero-order chi connectivity index (χ0) is 18.5. The van der Waals surface area contributed by atoms with Gasteiger partial charge in [0, 0.05) is 17.8 Å². The van der Waals surface area contributed by atoms with Gasteiger partial charge < -0.3 is 14.6 Å². The average Bonchev–Trinajstić information content (AvgIpc) is 3.10. The van der Waals surface area contributed by atoms with E-state index in [1.54, 1.807) is 13.3 Å². The van der Waals surface area contributed by atoms with E-state index in [-0.39, 0.29) is 5.91 Å². The fourth-order valence-electron chi connectivity index (χ4n) is 2.64. The molecule has 2 aromatic carbocycles. The molecule has 6 nitrogen and oxygen atoms in total. The number of hydrogen-bond donors (Lipinski definition) is 1. The number of carbonyl (C=O) groups is 1. The molecule has 1 heterocycles. The second-order valence-electron chi connectivity index (χ2n) is 6.09. The van der Waals surface area contributed by atoms with Gasteiger partial charge in [-0.3, -0.25) is 4.79 Å². The zero-order valence-electron chi connectivity index (χ0n) is 15.1. The Hall–Kier alpha value is -3.15. The SMILES string of the molecule is CCn1cnnc1-c1cccc(NC(=O)C(C)Oc2cccc(C)c2)c1. The number of nitrogens with one attached hydrogen (secondary N) is 1. The Balaban J connectivity index is 1.70. The topological polar surface area (TPSA) is 69.0 Å². The number of carbonyl (C=O) groups excluding carboxylic acids is 1. The average molecular weight is 350 g/mol. The van der Waals surface area contributed by atoms with Crippen molar-refractivity contribution in [2.24, 2.45) is 0 Å². The van der Waals surface area contributed by atoms with Crippen molar-refractivity contribution in [2.75, 3.05) is 5.32 Å². The number of anilines is 1. The van der Waals surface area contributed by atoms with E-state index in [1.165, 1.54) is 0 Å². The molecular formula is C20H22N4O2. The maximum absolute atomic E-state index is 12.5. The number of benzene rings is 2. The highest BCUT2D eigenvalue weighted by molar-refractivity contribution is 5.94. The minimum absolute atomic E-state index is 0.208. The third kappa shape index (κ3) is 4.08. The first-order valence-electron chi connectivity index (χ1n) is 8.59. The van der Waals surface area contributed by atoms with E-state index in [0.717, 1.165) is 23.5 Å². The van der Waals surface area contributed by atoms with Crippen molar-refractivity contribution in [3.05, 3.63) is 60.4 Å². The van der Waals surface area contributed by atoms with Crippen LogP contribution < -0.4 is 10.1 Å². The summed E-state index contributed by atoms with van der Waals surface area (Å²) in [4.78, 5) is 12.5. The van der Waals surface area contributed by atoms with Gasteiger partial charge in [0.2, 0.25) is 0 Å². The van der Waals surface area contributed by atoms with E-state index in [0.29, 0.717) is 11.4 Å². The van der Waals surface area contributed by atoms with Gasteiger partial charge in [-0.25, -0.2) is 0 Å². The molecule has 1 N–H and O–H groups in total. The van der Waals surface area contributed by atoms with E-state index in [1.807, 2.05) is 66.9 Å². The van der Waals surface area contributed by atoms with Crippen molar-refractivity contribution in [1.29, 1.82) is 0 Å². The Labute approximate surface area is 152 Å². The number of amides is 1. The van der Waals surface area contributed by atoms with Crippen LogP contribution >= 0.6 is 0 Å². The number of aryl methyl sites for hydroxylation is 2. The molecule has 0 bridgehead atoms. The molecule has 1 unspecified atom stereocenters. The van der Waals surface area contributed by atoms with Crippen LogP contribution in [0.25, 0.3) is 11.4 Å². The summed E-state index contributed by atoms with van der Waals surface area (Å²) in [7, 11) is 0. The highest BCUT2D eigenvalue weighted by Gasteiger charge is 2.15. The molecule has 134 valence electrons. The fourth-order valence-corrected chi connectivity index (χ4v) is 2.64. The molecule has 0 spiro atoms. The van der Waals surface area contributed by atoms with Crippen molar-refractivity contribution in [3.8, 4) is 17.1 Å². The van der Waals surface area contributed by atoms with E-state index in [4.69, 9.17) is 4.74 Å². The summed E-state index contributed by atoms with van der Waals surface area (Å²) in [5.74, 6) is 1.24. The van der Waals surface area contributed by atoms with Crippen LogP contribution in [0.3, 0.4) is 0 Å². The zero-order valence-corrected chi connectivity index (χ0v) is 15.1. The number of nitrogens with zero attached hydrogens (tertiary/aromatic N) is 3. The molecule has 3 aromatic rings. The first-order valence-corrected chi connectivity index (χ1v) is 8.59. The lowest BCUT2D eigenvalue weighted by molar-refractivity contribution is -0.122. The van der Waals surface area contributed by atoms with Gasteiger partial charge in [-0.1, -0.05) is 24.3 Å². The van der Waals surface area contributed by atoms with Gasteiger partial charge in [0.1, 0.15) is 12.1 Å². The maximum Gasteiger partial charge on any atom is 0.265 e. The second kappa shape index (κ2) is 7.82. The Kier molecular flexibility index (Phi) is 5.31. The number of ether oxygens (including phenoxy) is 1. The summed E-state index contributed by atoms with van der Waals surface area (Å²) in [5, 5.41) is 11.0. The van der Waals surface area contributed by atoms with Crippen LogP contribution in [0.15, 0.2) is 54.9 Å². The normalized spacial score (nSPS) is 11.8. The maximum atomic E-state index is 12.5.